The number of nitrogens with one attached hydrogen (secondary N) is 1. The largest absolute Gasteiger partial charge is 0.392 e. The molecular weight excluding hydrogens is 508 g/mol. The van der Waals surface area contributed by atoms with Crippen molar-refractivity contribution in [2.45, 2.75) is 51.5 Å². The molecule has 2 heterocycles. The first-order valence-electron chi connectivity index (χ1n) is 13.7. The number of β-amino-alcohol motifs (C(OH)–C–C–N with tert-alkyl or cyclic N) is 1. The van der Waals surface area contributed by atoms with Gasteiger partial charge in [0.2, 0.25) is 0 Å². The Labute approximate surface area is 234 Å². The van der Waals surface area contributed by atoms with Crippen LogP contribution in [0.25, 0.3) is 0 Å². The van der Waals surface area contributed by atoms with E-state index in [9.17, 15) is 19.8 Å². The number of ether oxygens (including phenoxy) is 2. The third-order valence-electron chi connectivity index (χ3n) is 7.76. The summed E-state index contributed by atoms with van der Waals surface area (Å²) >= 11 is 0. The number of carbonyl (C=O) groups excluding carboxylic acids is 2. The summed E-state index contributed by atoms with van der Waals surface area (Å²) in [6, 6.07) is 21.8. The molecule has 5 atom stereocenters. The van der Waals surface area contributed by atoms with Crippen LogP contribution in [0.15, 0.2) is 72.8 Å². The average Bonchev–Trinajstić information content (AvgIpc) is 3.38. The Bertz CT molecular complexity index is 1340. The van der Waals surface area contributed by atoms with Crippen molar-refractivity contribution in [3.8, 4) is 0 Å². The predicted molar refractivity (Wildman–Crippen MR) is 151 cm³/mol. The summed E-state index contributed by atoms with van der Waals surface area (Å²) in [5, 5.41) is 22.4. The van der Waals surface area contributed by atoms with E-state index in [-0.39, 0.29) is 42.5 Å². The SMILES string of the molecule is CC(=O)c1cccc(NC(=O)c2cccc(C3OC(CN4CCC(O)C4)C(C)C(c4ccc(CO)cc4)O3)c2)c1. The van der Waals surface area contributed by atoms with Crippen LogP contribution in [-0.4, -0.2) is 58.6 Å². The first kappa shape index (κ1) is 28.1. The highest BCUT2D eigenvalue weighted by atomic mass is 16.7. The Hall–Kier alpha value is -3.40. The fourth-order valence-corrected chi connectivity index (χ4v) is 5.41. The molecule has 3 N–H and O–H groups in total. The van der Waals surface area contributed by atoms with Crippen LogP contribution in [0.5, 0.6) is 0 Å². The smallest absolute Gasteiger partial charge is 0.255 e. The molecule has 0 bridgehead atoms. The van der Waals surface area contributed by atoms with Crippen LogP contribution in [0.4, 0.5) is 5.69 Å². The fourth-order valence-electron chi connectivity index (χ4n) is 5.41. The van der Waals surface area contributed by atoms with Crippen molar-refractivity contribution in [1.29, 1.82) is 0 Å². The topological polar surface area (TPSA) is 108 Å². The molecule has 0 aliphatic carbocycles. The van der Waals surface area contributed by atoms with Crippen LogP contribution in [0, 0.1) is 5.92 Å². The van der Waals surface area contributed by atoms with E-state index >= 15 is 0 Å². The van der Waals surface area contributed by atoms with Gasteiger partial charge in [-0.25, -0.2) is 0 Å². The average molecular weight is 545 g/mol. The molecule has 5 unspecified atom stereocenters. The van der Waals surface area contributed by atoms with E-state index in [1.807, 2.05) is 30.3 Å². The number of carbonyl (C=O) groups is 2. The summed E-state index contributed by atoms with van der Waals surface area (Å²) in [5.41, 5.74) is 4.06. The number of rotatable bonds is 8. The van der Waals surface area contributed by atoms with Crippen LogP contribution < -0.4 is 5.32 Å². The van der Waals surface area contributed by atoms with Gasteiger partial charge in [0.1, 0.15) is 0 Å². The molecule has 8 nitrogen and oxygen atoms in total. The summed E-state index contributed by atoms with van der Waals surface area (Å²) in [4.78, 5) is 27.1. The Morgan fingerprint density at radius 1 is 0.975 bits per heavy atom. The van der Waals surface area contributed by atoms with Crippen molar-refractivity contribution >= 4 is 17.4 Å². The van der Waals surface area contributed by atoms with Crippen LogP contribution >= 0.6 is 0 Å². The number of anilines is 1. The summed E-state index contributed by atoms with van der Waals surface area (Å²) in [5.74, 6) is -0.350. The van der Waals surface area contributed by atoms with Gasteiger partial charge in [0.05, 0.1) is 24.9 Å². The van der Waals surface area contributed by atoms with Gasteiger partial charge in [0.15, 0.2) is 12.1 Å². The van der Waals surface area contributed by atoms with Crippen LogP contribution in [0.2, 0.25) is 0 Å². The summed E-state index contributed by atoms with van der Waals surface area (Å²) in [7, 11) is 0. The molecule has 1 amide bonds. The Morgan fingerprint density at radius 3 is 2.42 bits per heavy atom. The monoisotopic (exact) mass is 544 g/mol. The Morgan fingerprint density at radius 2 is 1.73 bits per heavy atom. The number of benzene rings is 3. The number of likely N-dealkylation sites (tertiary alicyclic amines) is 1. The first-order valence-corrected chi connectivity index (χ1v) is 13.7. The van der Waals surface area contributed by atoms with Gasteiger partial charge in [-0.05, 0) is 48.7 Å². The molecule has 8 heteroatoms. The van der Waals surface area contributed by atoms with Gasteiger partial charge < -0.3 is 25.0 Å². The maximum Gasteiger partial charge on any atom is 0.255 e. The zero-order chi connectivity index (χ0) is 28.2. The second-order valence-electron chi connectivity index (χ2n) is 10.7. The zero-order valence-electron chi connectivity index (χ0n) is 22.8. The lowest BCUT2D eigenvalue weighted by Gasteiger charge is -2.42. The molecule has 5 rings (SSSR count). The minimum Gasteiger partial charge on any atom is -0.392 e. The summed E-state index contributed by atoms with van der Waals surface area (Å²) < 4.78 is 13.1. The lowest BCUT2D eigenvalue weighted by Crippen LogP contribution is -2.44. The molecule has 2 aliphatic rings. The zero-order valence-corrected chi connectivity index (χ0v) is 22.8. The van der Waals surface area contributed by atoms with Gasteiger partial charge in [-0.15, -0.1) is 0 Å². The fraction of sp³-hybridized carbons (Fsp3) is 0.375. The van der Waals surface area contributed by atoms with Crippen molar-refractivity contribution in [3.63, 3.8) is 0 Å². The molecule has 0 spiro atoms. The van der Waals surface area contributed by atoms with E-state index in [0.29, 0.717) is 29.9 Å². The van der Waals surface area contributed by atoms with Gasteiger partial charge in [-0.2, -0.15) is 0 Å². The first-order chi connectivity index (χ1) is 19.3. The highest BCUT2D eigenvalue weighted by Crippen LogP contribution is 2.42. The quantitative estimate of drug-likeness (QED) is 0.359. The molecule has 0 aromatic heterocycles. The third-order valence-corrected chi connectivity index (χ3v) is 7.76. The van der Waals surface area contributed by atoms with E-state index in [0.717, 1.165) is 29.7 Å². The van der Waals surface area contributed by atoms with Crippen molar-refractivity contribution in [2.24, 2.45) is 5.92 Å². The third kappa shape index (κ3) is 6.49. The van der Waals surface area contributed by atoms with Crippen LogP contribution in [0.1, 0.15) is 70.1 Å². The maximum absolute atomic E-state index is 13.1. The van der Waals surface area contributed by atoms with Gasteiger partial charge >= 0.3 is 0 Å². The Kier molecular flexibility index (Phi) is 8.73. The highest BCUT2D eigenvalue weighted by molar-refractivity contribution is 6.05. The Balaban J connectivity index is 1.38. The maximum atomic E-state index is 13.1. The van der Waals surface area contributed by atoms with E-state index in [2.05, 4.69) is 17.1 Å². The number of Topliss-reactive ketones (excluding diaryl/α,β-unsaturated/α-hetero) is 1. The minimum atomic E-state index is -0.704. The number of hydrogen-bond acceptors (Lipinski definition) is 7. The second kappa shape index (κ2) is 12.4. The lowest BCUT2D eigenvalue weighted by atomic mass is 9.90. The molecule has 2 fully saturated rings. The second-order valence-corrected chi connectivity index (χ2v) is 10.7. The van der Waals surface area contributed by atoms with Gasteiger partial charge in [0.25, 0.3) is 5.91 Å². The molecule has 210 valence electrons. The van der Waals surface area contributed by atoms with Gasteiger partial charge in [-0.1, -0.05) is 55.5 Å². The van der Waals surface area contributed by atoms with E-state index in [1.54, 1.807) is 42.5 Å². The number of ketones is 1. The van der Waals surface area contributed by atoms with E-state index in [1.165, 1.54) is 6.92 Å². The van der Waals surface area contributed by atoms with E-state index < -0.39 is 6.29 Å². The standard InChI is InChI=1S/C32H36N2O6/c1-20-29(18-34-14-13-28(37)17-34)39-32(40-30(20)23-11-9-22(19-35)10-12-23)26-7-3-6-25(15-26)31(38)33-27-8-4-5-24(16-27)21(2)36/h3-12,15-16,20,28-30,32,35,37H,13-14,17-19H2,1-2H3,(H,33,38). The molecule has 2 aliphatic heterocycles. The van der Waals surface area contributed by atoms with Crippen molar-refractivity contribution in [2.75, 3.05) is 25.0 Å². The number of nitrogens with zero attached hydrogens (tertiary/aromatic N) is 1. The molecule has 2 saturated heterocycles. The van der Waals surface area contributed by atoms with Crippen molar-refractivity contribution in [1.82, 2.24) is 4.90 Å². The number of aliphatic hydroxyl groups is 2. The molecule has 3 aromatic carbocycles. The van der Waals surface area contributed by atoms with Gasteiger partial charge in [0, 0.05) is 47.9 Å². The molecule has 0 radical (unpaired) electrons. The van der Waals surface area contributed by atoms with Crippen molar-refractivity contribution < 1.29 is 29.3 Å². The predicted octanol–water partition coefficient (Wildman–Crippen LogP) is 4.49. The summed E-state index contributed by atoms with van der Waals surface area (Å²) in [6.07, 6.45) is -0.710. The van der Waals surface area contributed by atoms with Crippen molar-refractivity contribution in [3.05, 3.63) is 101 Å². The van der Waals surface area contributed by atoms with Gasteiger partial charge in [-0.3, -0.25) is 14.5 Å². The number of amides is 1. The number of aliphatic hydroxyl groups excluding tert-OH is 2. The molecule has 40 heavy (non-hydrogen) atoms. The molecular formula is C32H36N2O6. The molecule has 3 aromatic rings. The minimum absolute atomic E-state index is 0.0222. The number of hydrogen-bond donors (Lipinski definition) is 3. The highest BCUT2D eigenvalue weighted by Gasteiger charge is 2.40. The normalized spacial score (nSPS) is 25.1. The van der Waals surface area contributed by atoms with Crippen LogP contribution in [0.3, 0.4) is 0 Å². The molecule has 0 saturated carbocycles. The van der Waals surface area contributed by atoms with Crippen LogP contribution in [-0.2, 0) is 16.1 Å². The van der Waals surface area contributed by atoms with E-state index in [4.69, 9.17) is 9.47 Å². The summed E-state index contributed by atoms with van der Waals surface area (Å²) in [6.45, 7) is 5.67. The lowest BCUT2D eigenvalue weighted by molar-refractivity contribution is -0.276.